The summed E-state index contributed by atoms with van der Waals surface area (Å²) in [7, 11) is 0. The number of likely N-dealkylation sites (tertiary alicyclic amines) is 1. The lowest BCUT2D eigenvalue weighted by molar-refractivity contribution is 0.0886. The number of ketones is 1. The van der Waals surface area contributed by atoms with Crippen LogP contribution >= 0.6 is 11.6 Å². The summed E-state index contributed by atoms with van der Waals surface area (Å²) >= 11 is 6.26. The third-order valence-corrected chi connectivity index (χ3v) is 5.46. The van der Waals surface area contributed by atoms with Gasteiger partial charge in [0.15, 0.2) is 11.4 Å². The first-order chi connectivity index (χ1) is 13.1. The van der Waals surface area contributed by atoms with Crippen molar-refractivity contribution >= 4 is 28.5 Å². The maximum absolute atomic E-state index is 12.8. The van der Waals surface area contributed by atoms with Gasteiger partial charge < -0.3 is 4.42 Å². The number of fused-ring (bicyclic) bond motifs is 1. The number of aromatic nitrogens is 1. The quantitative estimate of drug-likeness (QED) is 0.677. The van der Waals surface area contributed by atoms with Gasteiger partial charge in [-0.05, 0) is 49.4 Å². The molecule has 2 aromatic carbocycles. The molecule has 1 saturated heterocycles. The molecule has 1 atom stereocenters. The number of Topliss-reactive ketones (excluding diaryl/α,β-unsaturated/α-hetero) is 1. The van der Waals surface area contributed by atoms with Gasteiger partial charge >= 0.3 is 5.76 Å². The second-order valence-electron chi connectivity index (χ2n) is 7.20. The average molecular weight is 385 g/mol. The van der Waals surface area contributed by atoms with E-state index in [9.17, 15) is 9.59 Å². The fraction of sp³-hybridized carbons (Fsp3) is 0.333. The third-order valence-electron chi connectivity index (χ3n) is 5.15. The van der Waals surface area contributed by atoms with E-state index in [1.807, 2.05) is 6.07 Å². The molecule has 2 heterocycles. The molecule has 1 fully saturated rings. The number of piperidine rings is 1. The van der Waals surface area contributed by atoms with Gasteiger partial charge in [-0.3, -0.25) is 14.7 Å². The molecule has 1 N–H and O–H groups in total. The Hall–Kier alpha value is -2.37. The third kappa shape index (κ3) is 4.15. The lowest BCUT2D eigenvalue weighted by Crippen LogP contribution is -2.39. The van der Waals surface area contributed by atoms with E-state index in [0.29, 0.717) is 34.1 Å². The molecule has 5 nitrogen and oxygen atoms in total. The molecule has 0 aliphatic carbocycles. The van der Waals surface area contributed by atoms with E-state index in [1.165, 1.54) is 12.0 Å². The van der Waals surface area contributed by atoms with Crippen molar-refractivity contribution in [3.63, 3.8) is 0 Å². The van der Waals surface area contributed by atoms with Gasteiger partial charge in [0.2, 0.25) is 0 Å². The zero-order valence-corrected chi connectivity index (χ0v) is 15.7. The number of nitrogens with zero attached hydrogens (tertiary/aromatic N) is 1. The second kappa shape index (κ2) is 7.71. The topological polar surface area (TPSA) is 66.3 Å². The molecule has 1 aromatic heterocycles. The summed E-state index contributed by atoms with van der Waals surface area (Å²) in [6.07, 6.45) is 3.30. The Kier molecular flexibility index (Phi) is 5.14. The first-order valence-electron chi connectivity index (χ1n) is 9.20. The molecule has 1 aliphatic heterocycles. The van der Waals surface area contributed by atoms with Gasteiger partial charge in [-0.2, -0.15) is 0 Å². The van der Waals surface area contributed by atoms with E-state index in [1.54, 1.807) is 12.1 Å². The Morgan fingerprint density at radius 2 is 2.07 bits per heavy atom. The summed E-state index contributed by atoms with van der Waals surface area (Å²) in [5, 5.41) is 0.336. The molecular formula is C21H21ClN2O3. The van der Waals surface area contributed by atoms with Gasteiger partial charge in [-0.25, -0.2) is 4.79 Å². The van der Waals surface area contributed by atoms with Gasteiger partial charge in [0.1, 0.15) is 0 Å². The van der Waals surface area contributed by atoms with Crippen molar-refractivity contribution < 1.29 is 9.21 Å². The van der Waals surface area contributed by atoms with E-state index in [-0.39, 0.29) is 5.78 Å². The highest BCUT2D eigenvalue weighted by atomic mass is 35.5. The van der Waals surface area contributed by atoms with Crippen LogP contribution in [0.3, 0.4) is 0 Å². The summed E-state index contributed by atoms with van der Waals surface area (Å²) in [6.45, 7) is 2.14. The molecule has 1 aliphatic rings. The van der Waals surface area contributed by atoms with E-state index in [0.717, 1.165) is 25.9 Å². The summed E-state index contributed by atoms with van der Waals surface area (Å²) < 4.78 is 5.05. The van der Waals surface area contributed by atoms with Crippen LogP contribution in [0, 0.1) is 5.92 Å². The molecule has 0 unspecified atom stereocenters. The molecular weight excluding hydrogens is 364 g/mol. The van der Waals surface area contributed by atoms with Crippen molar-refractivity contribution in [1.29, 1.82) is 0 Å². The largest absolute Gasteiger partial charge is 0.417 e. The summed E-state index contributed by atoms with van der Waals surface area (Å²) in [4.78, 5) is 28.9. The number of halogens is 1. The molecule has 0 amide bonds. The van der Waals surface area contributed by atoms with Gasteiger partial charge in [0.25, 0.3) is 0 Å². The van der Waals surface area contributed by atoms with Crippen LogP contribution in [0.2, 0.25) is 5.02 Å². The minimum Gasteiger partial charge on any atom is -0.408 e. The number of nitrogens with one attached hydrogen (secondary N) is 1. The van der Waals surface area contributed by atoms with Gasteiger partial charge in [0.05, 0.1) is 17.1 Å². The fourth-order valence-electron chi connectivity index (χ4n) is 3.88. The number of benzene rings is 2. The summed E-state index contributed by atoms with van der Waals surface area (Å²) in [6, 6.07) is 13.6. The van der Waals surface area contributed by atoms with E-state index in [4.69, 9.17) is 16.0 Å². The number of hydrogen-bond donors (Lipinski definition) is 1. The van der Waals surface area contributed by atoms with Crippen molar-refractivity contribution in [2.75, 3.05) is 19.6 Å². The first-order valence-corrected chi connectivity index (χ1v) is 9.58. The molecule has 140 valence electrons. The van der Waals surface area contributed by atoms with Crippen LogP contribution in [0.15, 0.2) is 51.7 Å². The predicted octanol–water partition coefficient (Wildman–Crippen LogP) is 3.91. The van der Waals surface area contributed by atoms with E-state index in [2.05, 4.69) is 34.1 Å². The molecule has 6 heteroatoms. The van der Waals surface area contributed by atoms with Crippen molar-refractivity contribution in [3.05, 3.63) is 69.2 Å². The van der Waals surface area contributed by atoms with Crippen LogP contribution in [0.5, 0.6) is 0 Å². The van der Waals surface area contributed by atoms with Crippen LogP contribution in [-0.4, -0.2) is 35.3 Å². The molecule has 3 aromatic rings. The van der Waals surface area contributed by atoms with Crippen molar-refractivity contribution in [3.8, 4) is 0 Å². The lowest BCUT2D eigenvalue weighted by Gasteiger charge is -2.32. The second-order valence-corrected chi connectivity index (χ2v) is 7.61. The Labute approximate surface area is 161 Å². The van der Waals surface area contributed by atoms with Crippen LogP contribution in [0.25, 0.3) is 11.1 Å². The molecule has 0 radical (unpaired) electrons. The zero-order valence-electron chi connectivity index (χ0n) is 14.9. The standard InChI is InChI=1S/C21H21ClN2O3/c22-17-11-18-20(27-21(26)23-18)10-16(17)19(25)13-24-8-4-7-15(12-24)9-14-5-2-1-3-6-14/h1-3,5-6,10-11,15H,4,7-9,12-13H2,(H,23,26)/t15-/m0/s1. The number of hydrogen-bond acceptors (Lipinski definition) is 4. The number of oxazole rings is 1. The molecule has 0 spiro atoms. The number of rotatable bonds is 5. The Balaban J connectivity index is 1.44. The van der Waals surface area contributed by atoms with E-state index < -0.39 is 5.76 Å². The van der Waals surface area contributed by atoms with Gasteiger partial charge in [-0.1, -0.05) is 41.9 Å². The maximum atomic E-state index is 12.8. The molecule has 4 rings (SSSR count). The SMILES string of the molecule is O=C(CN1CCC[C@@H](Cc2ccccc2)C1)c1cc2oc(=O)[nH]c2cc1Cl. The predicted molar refractivity (Wildman–Crippen MR) is 105 cm³/mol. The number of carbonyl (C=O) groups excluding carboxylic acids is 1. The van der Waals surface area contributed by atoms with E-state index >= 15 is 0 Å². The highest BCUT2D eigenvalue weighted by Gasteiger charge is 2.23. The van der Waals surface area contributed by atoms with Crippen molar-refractivity contribution in [2.45, 2.75) is 19.3 Å². The highest BCUT2D eigenvalue weighted by Crippen LogP contribution is 2.25. The summed E-state index contributed by atoms with van der Waals surface area (Å²) in [5.41, 5.74) is 2.60. The van der Waals surface area contributed by atoms with Crippen molar-refractivity contribution in [2.24, 2.45) is 5.92 Å². The highest BCUT2D eigenvalue weighted by molar-refractivity contribution is 6.34. The minimum absolute atomic E-state index is 0.0499. The monoisotopic (exact) mass is 384 g/mol. The van der Waals surface area contributed by atoms with Gasteiger partial charge in [-0.15, -0.1) is 0 Å². The van der Waals surface area contributed by atoms with Crippen LogP contribution in [0.1, 0.15) is 28.8 Å². The van der Waals surface area contributed by atoms with Crippen LogP contribution < -0.4 is 5.76 Å². The lowest BCUT2D eigenvalue weighted by atomic mass is 9.91. The zero-order chi connectivity index (χ0) is 18.8. The van der Waals surface area contributed by atoms with Crippen LogP contribution in [-0.2, 0) is 6.42 Å². The Morgan fingerprint density at radius 3 is 2.89 bits per heavy atom. The number of H-pyrrole nitrogens is 1. The van der Waals surface area contributed by atoms with Crippen LogP contribution in [0.4, 0.5) is 0 Å². The Morgan fingerprint density at radius 1 is 1.26 bits per heavy atom. The smallest absolute Gasteiger partial charge is 0.408 e. The fourth-order valence-corrected chi connectivity index (χ4v) is 4.15. The molecule has 0 bridgehead atoms. The maximum Gasteiger partial charge on any atom is 0.417 e. The van der Waals surface area contributed by atoms with Crippen molar-refractivity contribution in [1.82, 2.24) is 9.88 Å². The average Bonchev–Trinajstić information content (AvgIpc) is 3.01. The number of carbonyl (C=O) groups is 1. The summed E-state index contributed by atoms with van der Waals surface area (Å²) in [5.74, 6) is -0.0499. The minimum atomic E-state index is -0.551. The normalized spacial score (nSPS) is 18.0. The number of aromatic amines is 1. The van der Waals surface area contributed by atoms with Gasteiger partial charge in [0, 0.05) is 12.1 Å². The Bertz CT molecular complexity index is 1010. The molecule has 27 heavy (non-hydrogen) atoms. The molecule has 0 saturated carbocycles. The first kappa shape index (κ1) is 18.0.